The standard InChI is InChI=1S/C18H18N6S/c1-13-5-3-4-6-15(13)18-20-9-17(25-18)16-11-24(22-21-16)10-14(2)23-8-7-19-12-23/h3-9,11-12,14H,10H2,1-2H3/t14-/m0/s1. The third-order valence-electron chi connectivity index (χ3n) is 4.16. The second-order valence-corrected chi connectivity index (χ2v) is 7.06. The van der Waals surface area contributed by atoms with Crippen molar-refractivity contribution in [3.8, 4) is 21.1 Å². The molecule has 1 aromatic carbocycles. The number of rotatable bonds is 5. The lowest BCUT2D eigenvalue weighted by molar-refractivity contribution is 0.429. The number of hydrogen-bond acceptors (Lipinski definition) is 5. The van der Waals surface area contributed by atoms with Crippen LogP contribution in [0.15, 0.2) is 55.4 Å². The Hall–Kier alpha value is -2.80. The number of benzene rings is 1. The van der Waals surface area contributed by atoms with Crippen LogP contribution in [0.2, 0.25) is 0 Å². The highest BCUT2D eigenvalue weighted by Gasteiger charge is 2.12. The van der Waals surface area contributed by atoms with Crippen LogP contribution >= 0.6 is 11.3 Å². The predicted molar refractivity (Wildman–Crippen MR) is 98.2 cm³/mol. The lowest BCUT2D eigenvalue weighted by Gasteiger charge is -2.11. The zero-order valence-electron chi connectivity index (χ0n) is 14.1. The van der Waals surface area contributed by atoms with E-state index in [1.807, 2.05) is 41.7 Å². The lowest BCUT2D eigenvalue weighted by Crippen LogP contribution is -2.12. The number of aromatic nitrogens is 6. The summed E-state index contributed by atoms with van der Waals surface area (Å²) in [5.74, 6) is 0. The molecule has 1 atom stereocenters. The molecule has 0 radical (unpaired) electrons. The SMILES string of the molecule is Cc1ccccc1-c1ncc(-c2cn(C[C@H](C)n3ccnc3)nn2)s1. The van der Waals surface area contributed by atoms with E-state index in [0.717, 1.165) is 22.1 Å². The van der Waals surface area contributed by atoms with Crippen molar-refractivity contribution < 1.29 is 0 Å². The molecule has 0 N–H and O–H groups in total. The molecule has 3 heterocycles. The molecular weight excluding hydrogens is 332 g/mol. The summed E-state index contributed by atoms with van der Waals surface area (Å²) in [6, 6.07) is 8.55. The molecule has 0 saturated carbocycles. The third kappa shape index (κ3) is 3.23. The summed E-state index contributed by atoms with van der Waals surface area (Å²) in [4.78, 5) is 9.68. The van der Waals surface area contributed by atoms with Crippen molar-refractivity contribution in [1.82, 2.24) is 29.5 Å². The van der Waals surface area contributed by atoms with E-state index in [2.05, 4.69) is 50.8 Å². The monoisotopic (exact) mass is 350 g/mol. The van der Waals surface area contributed by atoms with Gasteiger partial charge in [-0.25, -0.2) is 14.6 Å². The van der Waals surface area contributed by atoms with Gasteiger partial charge in [0, 0.05) is 24.2 Å². The van der Waals surface area contributed by atoms with Gasteiger partial charge in [-0.2, -0.15) is 0 Å². The average Bonchev–Trinajstić information content (AvgIpc) is 3.36. The molecule has 0 fully saturated rings. The summed E-state index contributed by atoms with van der Waals surface area (Å²) in [7, 11) is 0. The Morgan fingerprint density at radius 3 is 2.92 bits per heavy atom. The van der Waals surface area contributed by atoms with E-state index in [1.54, 1.807) is 17.5 Å². The molecule has 0 aliphatic heterocycles. The second-order valence-electron chi connectivity index (χ2n) is 6.03. The molecule has 0 spiro atoms. The number of aryl methyl sites for hydroxylation is 1. The minimum absolute atomic E-state index is 0.265. The Kier molecular flexibility index (Phi) is 4.15. The van der Waals surface area contributed by atoms with E-state index in [-0.39, 0.29) is 6.04 Å². The minimum Gasteiger partial charge on any atom is -0.333 e. The van der Waals surface area contributed by atoms with Crippen molar-refractivity contribution in [1.29, 1.82) is 0 Å². The number of thiazole rings is 1. The molecular formula is C18H18N6S. The normalized spacial score (nSPS) is 12.4. The van der Waals surface area contributed by atoms with Gasteiger partial charge in [0.05, 0.1) is 30.0 Å². The van der Waals surface area contributed by atoms with Crippen LogP contribution in [0.5, 0.6) is 0 Å². The van der Waals surface area contributed by atoms with Gasteiger partial charge in [-0.15, -0.1) is 16.4 Å². The van der Waals surface area contributed by atoms with E-state index in [9.17, 15) is 0 Å². The zero-order chi connectivity index (χ0) is 17.2. The van der Waals surface area contributed by atoms with Gasteiger partial charge >= 0.3 is 0 Å². The summed E-state index contributed by atoms with van der Waals surface area (Å²) in [6.45, 7) is 4.98. The van der Waals surface area contributed by atoms with Crippen molar-refractivity contribution in [3.05, 3.63) is 60.9 Å². The maximum absolute atomic E-state index is 4.56. The number of nitrogens with zero attached hydrogens (tertiary/aromatic N) is 6. The van der Waals surface area contributed by atoms with Gasteiger partial charge in [-0.05, 0) is 19.4 Å². The molecule has 3 aromatic heterocycles. The van der Waals surface area contributed by atoms with Crippen molar-refractivity contribution in [3.63, 3.8) is 0 Å². The van der Waals surface area contributed by atoms with Crippen molar-refractivity contribution in [2.24, 2.45) is 0 Å². The minimum atomic E-state index is 0.265. The Morgan fingerprint density at radius 2 is 2.12 bits per heavy atom. The Labute approximate surface area is 149 Å². The van der Waals surface area contributed by atoms with Crippen LogP contribution in [0, 0.1) is 6.92 Å². The Bertz CT molecular complexity index is 969. The molecule has 0 aliphatic carbocycles. The quantitative estimate of drug-likeness (QED) is 0.549. The van der Waals surface area contributed by atoms with Gasteiger partial charge in [-0.1, -0.05) is 29.5 Å². The molecule has 4 aromatic rings. The van der Waals surface area contributed by atoms with Crippen LogP contribution < -0.4 is 0 Å². The molecule has 25 heavy (non-hydrogen) atoms. The molecule has 4 rings (SSSR count). The van der Waals surface area contributed by atoms with Crippen LogP contribution in [0.25, 0.3) is 21.1 Å². The molecule has 0 unspecified atom stereocenters. The van der Waals surface area contributed by atoms with Crippen LogP contribution in [-0.4, -0.2) is 29.5 Å². The summed E-state index contributed by atoms with van der Waals surface area (Å²) in [5, 5.41) is 9.57. The second kappa shape index (κ2) is 6.60. The van der Waals surface area contributed by atoms with Crippen molar-refractivity contribution in [2.45, 2.75) is 26.4 Å². The molecule has 7 heteroatoms. The van der Waals surface area contributed by atoms with E-state index in [1.165, 1.54) is 11.1 Å². The van der Waals surface area contributed by atoms with Crippen molar-refractivity contribution >= 4 is 11.3 Å². The molecule has 126 valence electrons. The Morgan fingerprint density at radius 1 is 1.24 bits per heavy atom. The van der Waals surface area contributed by atoms with E-state index in [0.29, 0.717) is 0 Å². The first-order valence-electron chi connectivity index (χ1n) is 8.10. The largest absolute Gasteiger partial charge is 0.333 e. The van der Waals surface area contributed by atoms with Gasteiger partial charge in [-0.3, -0.25) is 0 Å². The summed E-state index contributed by atoms with van der Waals surface area (Å²) in [5.41, 5.74) is 3.25. The first-order chi connectivity index (χ1) is 12.2. The van der Waals surface area contributed by atoms with Crippen LogP contribution in [0.4, 0.5) is 0 Å². The van der Waals surface area contributed by atoms with Crippen LogP contribution in [0.1, 0.15) is 18.5 Å². The smallest absolute Gasteiger partial charge is 0.124 e. The zero-order valence-corrected chi connectivity index (χ0v) is 14.9. The fourth-order valence-corrected chi connectivity index (χ4v) is 3.68. The van der Waals surface area contributed by atoms with E-state index in [4.69, 9.17) is 0 Å². The van der Waals surface area contributed by atoms with Crippen LogP contribution in [0.3, 0.4) is 0 Å². The number of hydrogen-bond donors (Lipinski definition) is 0. The summed E-state index contributed by atoms with van der Waals surface area (Å²) < 4.78 is 3.93. The van der Waals surface area contributed by atoms with E-state index >= 15 is 0 Å². The fraction of sp³-hybridized carbons (Fsp3) is 0.222. The van der Waals surface area contributed by atoms with Gasteiger partial charge < -0.3 is 4.57 Å². The first-order valence-corrected chi connectivity index (χ1v) is 8.92. The van der Waals surface area contributed by atoms with E-state index < -0.39 is 0 Å². The third-order valence-corrected chi connectivity index (χ3v) is 5.21. The Balaban J connectivity index is 1.54. The number of imidazole rings is 1. The predicted octanol–water partition coefficient (Wildman–Crippen LogP) is 3.83. The fourth-order valence-electron chi connectivity index (χ4n) is 2.73. The van der Waals surface area contributed by atoms with Crippen molar-refractivity contribution in [2.75, 3.05) is 0 Å². The van der Waals surface area contributed by atoms with Crippen LogP contribution in [-0.2, 0) is 6.54 Å². The molecule has 0 bridgehead atoms. The molecule has 0 amide bonds. The summed E-state index contributed by atoms with van der Waals surface area (Å²) in [6.07, 6.45) is 9.41. The summed E-state index contributed by atoms with van der Waals surface area (Å²) >= 11 is 1.64. The highest BCUT2D eigenvalue weighted by molar-refractivity contribution is 7.18. The highest BCUT2D eigenvalue weighted by atomic mass is 32.1. The average molecular weight is 350 g/mol. The van der Waals surface area contributed by atoms with Gasteiger partial charge in [0.25, 0.3) is 0 Å². The van der Waals surface area contributed by atoms with Gasteiger partial charge in [0.2, 0.25) is 0 Å². The lowest BCUT2D eigenvalue weighted by atomic mass is 10.1. The maximum Gasteiger partial charge on any atom is 0.124 e. The van der Waals surface area contributed by atoms with Gasteiger partial charge in [0.1, 0.15) is 10.7 Å². The molecule has 0 aliphatic rings. The highest BCUT2D eigenvalue weighted by Crippen LogP contribution is 2.32. The van der Waals surface area contributed by atoms with Gasteiger partial charge in [0.15, 0.2) is 0 Å². The maximum atomic E-state index is 4.56. The topological polar surface area (TPSA) is 61.4 Å². The molecule has 0 saturated heterocycles. The first kappa shape index (κ1) is 15.7. The molecule has 6 nitrogen and oxygen atoms in total.